The van der Waals surface area contributed by atoms with E-state index in [1.165, 1.54) is 13.1 Å². The predicted molar refractivity (Wildman–Crippen MR) is 56.3 cm³/mol. The summed E-state index contributed by atoms with van der Waals surface area (Å²) < 4.78 is 38.1. The topological polar surface area (TPSA) is 24.9 Å². The van der Waals surface area contributed by atoms with Gasteiger partial charge in [-0.1, -0.05) is 0 Å². The number of rotatable bonds is 1. The van der Waals surface area contributed by atoms with Crippen molar-refractivity contribution in [1.82, 2.24) is 4.98 Å². The monoisotopic (exact) mass is 226 g/mol. The average molecular weight is 226 g/mol. The number of nitrogens with one attached hydrogen (secondary N) is 1. The summed E-state index contributed by atoms with van der Waals surface area (Å²) in [5.41, 5.74) is -0.0616. The zero-order valence-corrected chi connectivity index (χ0v) is 8.47. The smallest absolute Gasteiger partial charge is 0.387 e. The van der Waals surface area contributed by atoms with Crippen LogP contribution >= 0.6 is 0 Å². The average Bonchev–Trinajstić information content (AvgIpc) is 2.26. The van der Waals surface area contributed by atoms with Gasteiger partial charge < -0.3 is 5.32 Å². The van der Waals surface area contributed by atoms with E-state index in [4.69, 9.17) is 0 Å². The third-order valence-electron chi connectivity index (χ3n) is 2.34. The molecule has 16 heavy (non-hydrogen) atoms. The van der Waals surface area contributed by atoms with Crippen LogP contribution in [-0.4, -0.2) is 12.0 Å². The lowest BCUT2D eigenvalue weighted by Gasteiger charge is -2.14. The maximum Gasteiger partial charge on any atom is 0.418 e. The number of anilines is 1. The number of aromatic nitrogens is 1. The minimum Gasteiger partial charge on any atom is -0.387 e. The van der Waals surface area contributed by atoms with Crippen LogP contribution in [0.25, 0.3) is 10.9 Å². The van der Waals surface area contributed by atoms with E-state index in [0.29, 0.717) is 10.9 Å². The number of pyridine rings is 1. The fraction of sp³-hybridized carbons (Fsp3) is 0.182. The maximum absolute atomic E-state index is 12.7. The van der Waals surface area contributed by atoms with E-state index in [-0.39, 0.29) is 5.69 Å². The number of alkyl halides is 3. The van der Waals surface area contributed by atoms with Gasteiger partial charge in [0.25, 0.3) is 0 Å². The SMILES string of the molecule is CNc1c(C(F)(F)F)ccc2ncccc12. The number of benzene rings is 1. The number of fused-ring (bicyclic) bond motifs is 1. The summed E-state index contributed by atoms with van der Waals surface area (Å²) in [4.78, 5) is 4.01. The highest BCUT2D eigenvalue weighted by Crippen LogP contribution is 2.38. The molecular formula is C11H9F3N2. The number of halogens is 3. The van der Waals surface area contributed by atoms with E-state index in [0.717, 1.165) is 6.07 Å². The Bertz CT molecular complexity index is 520. The minimum absolute atomic E-state index is 0.0677. The van der Waals surface area contributed by atoms with Gasteiger partial charge in [0, 0.05) is 18.6 Å². The predicted octanol–water partition coefficient (Wildman–Crippen LogP) is 3.30. The molecule has 0 spiro atoms. The molecule has 2 nitrogen and oxygen atoms in total. The Morgan fingerprint density at radius 2 is 1.94 bits per heavy atom. The summed E-state index contributed by atoms with van der Waals surface area (Å²) in [6.45, 7) is 0. The molecule has 0 aliphatic carbocycles. The highest BCUT2D eigenvalue weighted by molar-refractivity contribution is 5.93. The molecule has 0 saturated carbocycles. The number of hydrogen-bond donors (Lipinski definition) is 1. The van der Waals surface area contributed by atoms with Crippen LogP contribution in [0, 0.1) is 0 Å². The number of nitrogens with zero attached hydrogens (tertiary/aromatic N) is 1. The Morgan fingerprint density at radius 1 is 1.19 bits per heavy atom. The Morgan fingerprint density at radius 3 is 2.56 bits per heavy atom. The van der Waals surface area contributed by atoms with Crippen molar-refractivity contribution in [2.75, 3.05) is 12.4 Å². The molecule has 0 saturated heterocycles. The summed E-state index contributed by atoms with van der Waals surface area (Å²) in [7, 11) is 1.47. The molecule has 0 amide bonds. The van der Waals surface area contributed by atoms with Gasteiger partial charge in [0.1, 0.15) is 0 Å². The van der Waals surface area contributed by atoms with Crippen LogP contribution in [0.1, 0.15) is 5.56 Å². The summed E-state index contributed by atoms with van der Waals surface area (Å²) >= 11 is 0. The van der Waals surface area contributed by atoms with Crippen LogP contribution in [0.5, 0.6) is 0 Å². The molecule has 84 valence electrons. The quantitative estimate of drug-likeness (QED) is 0.807. The van der Waals surface area contributed by atoms with Crippen molar-refractivity contribution in [3.8, 4) is 0 Å². The fourth-order valence-corrected chi connectivity index (χ4v) is 1.66. The second-order valence-electron chi connectivity index (χ2n) is 3.31. The molecule has 2 aromatic rings. The highest BCUT2D eigenvalue weighted by Gasteiger charge is 2.33. The minimum atomic E-state index is -4.36. The lowest BCUT2D eigenvalue weighted by molar-refractivity contribution is -0.136. The maximum atomic E-state index is 12.7. The molecule has 0 aliphatic heterocycles. The van der Waals surface area contributed by atoms with Gasteiger partial charge in [-0.05, 0) is 24.3 Å². The molecule has 0 fully saturated rings. The molecule has 0 atom stereocenters. The van der Waals surface area contributed by atoms with Gasteiger partial charge in [0.15, 0.2) is 0 Å². The molecular weight excluding hydrogens is 217 g/mol. The van der Waals surface area contributed by atoms with Crippen molar-refractivity contribution < 1.29 is 13.2 Å². The van der Waals surface area contributed by atoms with E-state index in [2.05, 4.69) is 10.3 Å². The second kappa shape index (κ2) is 3.66. The zero-order chi connectivity index (χ0) is 11.8. The summed E-state index contributed by atoms with van der Waals surface area (Å²) in [5.74, 6) is 0. The molecule has 1 aromatic carbocycles. The lowest BCUT2D eigenvalue weighted by atomic mass is 10.1. The standard InChI is InChI=1S/C11H9F3N2/c1-15-10-7-3-2-6-16-9(7)5-4-8(10)11(12,13)14/h2-6,15H,1H3. The molecule has 5 heteroatoms. The first-order chi connectivity index (χ1) is 7.54. The van der Waals surface area contributed by atoms with Crippen LogP contribution in [0.4, 0.5) is 18.9 Å². The Labute approximate surface area is 90.1 Å². The van der Waals surface area contributed by atoms with Gasteiger partial charge in [-0.3, -0.25) is 4.98 Å². The molecule has 0 aliphatic rings. The van der Waals surface area contributed by atoms with Crippen LogP contribution in [0.15, 0.2) is 30.5 Å². The Hall–Kier alpha value is -1.78. The largest absolute Gasteiger partial charge is 0.418 e. The number of hydrogen-bond acceptors (Lipinski definition) is 2. The van der Waals surface area contributed by atoms with Crippen LogP contribution in [0.3, 0.4) is 0 Å². The van der Waals surface area contributed by atoms with Gasteiger partial charge in [-0.25, -0.2) is 0 Å². The molecule has 0 radical (unpaired) electrons. The molecule has 2 rings (SSSR count). The van der Waals surface area contributed by atoms with Gasteiger partial charge in [0.2, 0.25) is 0 Å². The van der Waals surface area contributed by atoms with Crippen molar-refractivity contribution in [2.45, 2.75) is 6.18 Å². The highest BCUT2D eigenvalue weighted by atomic mass is 19.4. The molecule has 1 heterocycles. The van der Waals surface area contributed by atoms with Crippen molar-refractivity contribution >= 4 is 16.6 Å². The first kappa shape index (κ1) is 10.7. The third kappa shape index (κ3) is 1.68. The first-order valence-corrected chi connectivity index (χ1v) is 4.66. The second-order valence-corrected chi connectivity index (χ2v) is 3.31. The molecule has 0 unspecified atom stereocenters. The van der Waals surface area contributed by atoms with E-state index in [1.807, 2.05) is 0 Å². The summed E-state index contributed by atoms with van der Waals surface area (Å²) in [6.07, 6.45) is -2.81. The first-order valence-electron chi connectivity index (χ1n) is 4.66. The molecule has 0 bridgehead atoms. The van der Waals surface area contributed by atoms with Gasteiger partial charge in [-0.15, -0.1) is 0 Å². The van der Waals surface area contributed by atoms with Crippen LogP contribution < -0.4 is 5.32 Å². The van der Waals surface area contributed by atoms with E-state index < -0.39 is 11.7 Å². The summed E-state index contributed by atoms with van der Waals surface area (Å²) in [5, 5.41) is 3.06. The van der Waals surface area contributed by atoms with Crippen molar-refractivity contribution in [3.63, 3.8) is 0 Å². The van der Waals surface area contributed by atoms with Crippen molar-refractivity contribution in [3.05, 3.63) is 36.0 Å². The lowest BCUT2D eigenvalue weighted by Crippen LogP contribution is -2.09. The van der Waals surface area contributed by atoms with E-state index >= 15 is 0 Å². The van der Waals surface area contributed by atoms with Gasteiger partial charge in [0.05, 0.1) is 16.8 Å². The Balaban J connectivity index is 2.78. The van der Waals surface area contributed by atoms with Crippen molar-refractivity contribution in [2.24, 2.45) is 0 Å². The van der Waals surface area contributed by atoms with Crippen molar-refractivity contribution in [1.29, 1.82) is 0 Å². The fourth-order valence-electron chi connectivity index (χ4n) is 1.66. The van der Waals surface area contributed by atoms with Gasteiger partial charge in [-0.2, -0.15) is 13.2 Å². The summed E-state index contributed by atoms with van der Waals surface area (Å²) in [6, 6.07) is 5.65. The Kier molecular flexibility index (Phi) is 2.46. The molecule has 1 aromatic heterocycles. The normalized spacial score (nSPS) is 11.8. The van der Waals surface area contributed by atoms with Crippen LogP contribution in [-0.2, 0) is 6.18 Å². The molecule has 1 N–H and O–H groups in total. The van der Waals surface area contributed by atoms with E-state index in [1.54, 1.807) is 18.3 Å². The van der Waals surface area contributed by atoms with Crippen LogP contribution in [0.2, 0.25) is 0 Å². The van der Waals surface area contributed by atoms with Gasteiger partial charge >= 0.3 is 6.18 Å². The third-order valence-corrected chi connectivity index (χ3v) is 2.34. The van der Waals surface area contributed by atoms with E-state index in [9.17, 15) is 13.2 Å². The zero-order valence-electron chi connectivity index (χ0n) is 8.47.